The van der Waals surface area contributed by atoms with Crippen LogP contribution in [0.15, 0.2) is 69.9 Å². The van der Waals surface area contributed by atoms with E-state index in [1.807, 2.05) is 18.3 Å². The number of nitrogens with one attached hydrogen (secondary N) is 1. The Balaban J connectivity index is 1.91. The number of hydrazone groups is 1. The zero-order valence-electron chi connectivity index (χ0n) is 15.7. The van der Waals surface area contributed by atoms with E-state index < -0.39 is 15.9 Å². The number of amides is 1. The fourth-order valence-corrected chi connectivity index (χ4v) is 4.11. The van der Waals surface area contributed by atoms with Crippen molar-refractivity contribution < 1.29 is 13.2 Å². The SMILES string of the molecule is C=CC(=O)Nc1ccc(C)c(S(=O)(=O)N(C)/N=C/c2cnc3ccc(Br)cn23)c1. The summed E-state index contributed by atoms with van der Waals surface area (Å²) in [5.74, 6) is -0.428. The Morgan fingerprint density at radius 2 is 2.10 bits per heavy atom. The molecule has 0 spiro atoms. The van der Waals surface area contributed by atoms with Gasteiger partial charge in [0.15, 0.2) is 0 Å². The predicted octanol–water partition coefficient (Wildman–Crippen LogP) is 3.18. The summed E-state index contributed by atoms with van der Waals surface area (Å²) in [5.41, 5.74) is 2.21. The molecule has 0 atom stereocenters. The molecule has 0 bridgehead atoms. The number of fused-ring (bicyclic) bond motifs is 1. The first-order valence-corrected chi connectivity index (χ1v) is 10.7. The smallest absolute Gasteiger partial charge is 0.279 e. The number of sulfonamides is 1. The normalized spacial score (nSPS) is 11.7. The van der Waals surface area contributed by atoms with Crippen molar-refractivity contribution in [3.8, 4) is 0 Å². The molecule has 1 aromatic carbocycles. The molecule has 0 radical (unpaired) electrons. The first-order chi connectivity index (χ1) is 13.7. The number of hydrogen-bond acceptors (Lipinski definition) is 5. The predicted molar refractivity (Wildman–Crippen MR) is 115 cm³/mol. The van der Waals surface area contributed by atoms with Crippen molar-refractivity contribution in [2.24, 2.45) is 5.10 Å². The quantitative estimate of drug-likeness (QED) is 0.336. The van der Waals surface area contributed by atoms with Crippen LogP contribution in [0.3, 0.4) is 0 Å². The largest absolute Gasteiger partial charge is 0.322 e. The highest BCUT2D eigenvalue weighted by Gasteiger charge is 2.22. The number of aryl methyl sites for hydroxylation is 1. The van der Waals surface area contributed by atoms with Gasteiger partial charge in [-0.15, -0.1) is 0 Å². The van der Waals surface area contributed by atoms with E-state index in [9.17, 15) is 13.2 Å². The number of anilines is 1. The summed E-state index contributed by atoms with van der Waals surface area (Å²) < 4.78 is 29.5. The topological polar surface area (TPSA) is 96.1 Å². The van der Waals surface area contributed by atoms with Gasteiger partial charge in [0.2, 0.25) is 5.91 Å². The summed E-state index contributed by atoms with van der Waals surface area (Å²) in [6.07, 6.45) is 5.94. The minimum atomic E-state index is -3.93. The van der Waals surface area contributed by atoms with Crippen molar-refractivity contribution in [2.75, 3.05) is 12.4 Å². The van der Waals surface area contributed by atoms with Gasteiger partial charge in [0.25, 0.3) is 10.0 Å². The molecule has 1 N–H and O–H groups in total. The maximum atomic E-state index is 13.0. The zero-order chi connectivity index (χ0) is 21.2. The molecule has 0 aliphatic carbocycles. The number of halogens is 1. The number of rotatable bonds is 6. The van der Waals surface area contributed by atoms with E-state index in [1.54, 1.807) is 29.7 Å². The van der Waals surface area contributed by atoms with Gasteiger partial charge in [-0.25, -0.2) is 4.98 Å². The minimum Gasteiger partial charge on any atom is -0.322 e. The Labute approximate surface area is 176 Å². The van der Waals surface area contributed by atoms with Crippen LogP contribution >= 0.6 is 15.9 Å². The van der Waals surface area contributed by atoms with Crippen LogP contribution in [-0.4, -0.2) is 41.4 Å². The van der Waals surface area contributed by atoms with Crippen molar-refractivity contribution in [1.29, 1.82) is 0 Å². The van der Waals surface area contributed by atoms with E-state index >= 15 is 0 Å². The highest BCUT2D eigenvalue weighted by atomic mass is 79.9. The van der Waals surface area contributed by atoms with E-state index in [2.05, 4.69) is 37.9 Å². The molecule has 2 heterocycles. The summed E-state index contributed by atoms with van der Waals surface area (Å²) in [6, 6.07) is 8.32. The van der Waals surface area contributed by atoms with Crippen molar-refractivity contribution in [2.45, 2.75) is 11.8 Å². The molecule has 8 nitrogen and oxygen atoms in total. The van der Waals surface area contributed by atoms with Crippen LogP contribution in [0, 0.1) is 6.92 Å². The lowest BCUT2D eigenvalue weighted by Crippen LogP contribution is -2.23. The Morgan fingerprint density at radius 1 is 1.34 bits per heavy atom. The molecule has 0 saturated heterocycles. The molecule has 0 unspecified atom stereocenters. The van der Waals surface area contributed by atoms with Gasteiger partial charge in [0, 0.05) is 23.4 Å². The molecule has 0 fully saturated rings. The molecule has 2 aromatic heterocycles. The molecule has 0 aliphatic rings. The van der Waals surface area contributed by atoms with Gasteiger partial charge in [0.05, 0.1) is 23.0 Å². The van der Waals surface area contributed by atoms with Crippen LogP contribution in [0.5, 0.6) is 0 Å². The van der Waals surface area contributed by atoms with Crippen LogP contribution in [0.4, 0.5) is 5.69 Å². The van der Waals surface area contributed by atoms with Gasteiger partial charge >= 0.3 is 0 Å². The zero-order valence-corrected chi connectivity index (χ0v) is 18.1. The second-order valence-corrected chi connectivity index (χ2v) is 8.95. The standard InChI is InChI=1S/C19H18BrN5O3S/c1-4-19(26)23-15-7-5-13(2)17(9-15)29(27,28)24(3)22-11-16-10-21-18-8-6-14(20)12-25(16)18/h4-12H,1H2,2-3H3,(H,23,26)/b22-11+. The Hall–Kier alpha value is -2.98. The monoisotopic (exact) mass is 475 g/mol. The van der Waals surface area contributed by atoms with Crippen molar-refractivity contribution in [3.63, 3.8) is 0 Å². The average Bonchev–Trinajstić information content (AvgIpc) is 3.09. The molecule has 150 valence electrons. The maximum Gasteiger partial charge on any atom is 0.279 e. The van der Waals surface area contributed by atoms with Gasteiger partial charge in [-0.2, -0.15) is 17.9 Å². The third-order valence-electron chi connectivity index (χ3n) is 4.12. The number of aromatic nitrogens is 2. The van der Waals surface area contributed by atoms with Crippen molar-refractivity contribution >= 4 is 49.4 Å². The van der Waals surface area contributed by atoms with Crippen molar-refractivity contribution in [1.82, 2.24) is 13.8 Å². The third-order valence-corrected chi connectivity index (χ3v) is 6.37. The molecule has 10 heteroatoms. The number of pyridine rings is 1. The molecule has 0 aliphatic heterocycles. The van der Waals surface area contributed by atoms with Gasteiger partial charge in [-0.05, 0) is 58.8 Å². The van der Waals surface area contributed by atoms with Gasteiger partial charge < -0.3 is 5.32 Å². The lowest BCUT2D eigenvalue weighted by atomic mass is 10.2. The minimum absolute atomic E-state index is 0.0416. The second-order valence-electron chi connectivity index (χ2n) is 6.12. The first-order valence-electron chi connectivity index (χ1n) is 8.42. The van der Waals surface area contributed by atoms with E-state index in [4.69, 9.17) is 0 Å². The second kappa shape index (κ2) is 8.18. The van der Waals surface area contributed by atoms with E-state index in [0.717, 1.165) is 15.0 Å². The van der Waals surface area contributed by atoms with E-state index in [1.165, 1.54) is 19.3 Å². The average molecular weight is 476 g/mol. The number of hydrogen-bond donors (Lipinski definition) is 1. The number of benzene rings is 1. The number of imidazole rings is 1. The van der Waals surface area contributed by atoms with Gasteiger partial charge in [0.1, 0.15) is 5.65 Å². The highest BCUT2D eigenvalue weighted by molar-refractivity contribution is 9.10. The summed E-state index contributed by atoms with van der Waals surface area (Å²) in [6.45, 7) is 5.05. The summed E-state index contributed by atoms with van der Waals surface area (Å²) in [7, 11) is -2.58. The summed E-state index contributed by atoms with van der Waals surface area (Å²) >= 11 is 3.39. The molecular weight excluding hydrogens is 458 g/mol. The van der Waals surface area contributed by atoms with Crippen molar-refractivity contribution in [3.05, 3.63) is 71.1 Å². The molecular formula is C19H18BrN5O3S. The van der Waals surface area contributed by atoms with Crippen LogP contribution in [0.2, 0.25) is 0 Å². The summed E-state index contributed by atoms with van der Waals surface area (Å²) in [5, 5.41) is 6.64. The highest BCUT2D eigenvalue weighted by Crippen LogP contribution is 2.23. The lowest BCUT2D eigenvalue weighted by molar-refractivity contribution is -0.111. The number of carbonyl (C=O) groups excluding carboxylic acids is 1. The van der Waals surface area contributed by atoms with E-state index in [-0.39, 0.29) is 4.90 Å². The fraction of sp³-hybridized carbons (Fsp3) is 0.105. The Kier molecular flexibility index (Phi) is 5.85. The molecule has 29 heavy (non-hydrogen) atoms. The summed E-state index contributed by atoms with van der Waals surface area (Å²) in [4.78, 5) is 15.8. The van der Waals surface area contributed by atoms with E-state index in [0.29, 0.717) is 22.6 Å². The molecule has 1 amide bonds. The van der Waals surface area contributed by atoms with Gasteiger partial charge in [-0.1, -0.05) is 12.6 Å². The number of nitrogens with zero attached hydrogens (tertiary/aromatic N) is 4. The third kappa shape index (κ3) is 4.38. The molecule has 0 saturated carbocycles. The fourth-order valence-electron chi connectivity index (χ4n) is 2.56. The Bertz CT molecular complexity index is 1230. The van der Waals surface area contributed by atoms with Crippen LogP contribution in [0.25, 0.3) is 5.65 Å². The number of carbonyl (C=O) groups is 1. The van der Waals surface area contributed by atoms with Crippen LogP contribution < -0.4 is 5.32 Å². The molecule has 3 aromatic rings. The Morgan fingerprint density at radius 3 is 2.83 bits per heavy atom. The van der Waals surface area contributed by atoms with Gasteiger partial charge in [-0.3, -0.25) is 9.20 Å². The first kappa shape index (κ1) is 20.7. The molecule has 3 rings (SSSR count). The maximum absolute atomic E-state index is 13.0. The van der Waals surface area contributed by atoms with Crippen LogP contribution in [-0.2, 0) is 14.8 Å². The van der Waals surface area contributed by atoms with Crippen LogP contribution in [0.1, 0.15) is 11.3 Å². The lowest BCUT2D eigenvalue weighted by Gasteiger charge is -2.16.